The maximum Gasteiger partial charge on any atom is 0.324 e. The van der Waals surface area contributed by atoms with E-state index in [-0.39, 0.29) is 18.5 Å². The van der Waals surface area contributed by atoms with E-state index in [1.165, 1.54) is 0 Å². The fourth-order valence-corrected chi connectivity index (χ4v) is 1.13. The molecule has 0 bridgehead atoms. The lowest BCUT2D eigenvalue weighted by Gasteiger charge is -2.14. The number of nitrogens with zero attached hydrogens (tertiary/aromatic N) is 2. The van der Waals surface area contributed by atoms with Crippen molar-refractivity contribution >= 4 is 6.01 Å². The second-order valence-electron chi connectivity index (χ2n) is 4.44. The van der Waals surface area contributed by atoms with Crippen molar-refractivity contribution in [3.05, 3.63) is 5.89 Å². The first-order valence-electron chi connectivity index (χ1n) is 5.74. The van der Waals surface area contributed by atoms with Crippen LogP contribution in [0.2, 0.25) is 0 Å². The second-order valence-corrected chi connectivity index (χ2v) is 4.44. The molecule has 0 unspecified atom stereocenters. The van der Waals surface area contributed by atoms with Gasteiger partial charge in [-0.05, 0) is 12.5 Å². The van der Waals surface area contributed by atoms with E-state index in [1.807, 2.05) is 19.2 Å². The van der Waals surface area contributed by atoms with Gasteiger partial charge in [-0.1, -0.05) is 18.9 Å². The van der Waals surface area contributed by atoms with Gasteiger partial charge in [-0.2, -0.15) is 8.78 Å². The molecule has 0 radical (unpaired) electrons. The van der Waals surface area contributed by atoms with Crippen molar-refractivity contribution in [1.82, 2.24) is 15.5 Å². The minimum absolute atomic E-state index is 0.198. The largest absolute Gasteiger partial charge is 0.407 e. The van der Waals surface area contributed by atoms with Crippen LogP contribution in [-0.4, -0.2) is 35.6 Å². The van der Waals surface area contributed by atoms with Crippen molar-refractivity contribution in [2.75, 3.05) is 18.4 Å². The molecule has 110 valence electrons. The van der Waals surface area contributed by atoms with Gasteiger partial charge >= 0.3 is 18.4 Å². The van der Waals surface area contributed by atoms with Crippen LogP contribution in [0.1, 0.15) is 19.7 Å². The third kappa shape index (κ3) is 5.41. The Balaban J connectivity index is 2.38. The first kappa shape index (κ1) is 15.7. The van der Waals surface area contributed by atoms with Crippen LogP contribution in [0.25, 0.3) is 0 Å². The molecule has 0 atom stereocenters. The first-order valence-corrected chi connectivity index (χ1v) is 5.74. The van der Waals surface area contributed by atoms with E-state index in [0.717, 1.165) is 6.54 Å². The van der Waals surface area contributed by atoms with Crippen molar-refractivity contribution in [2.45, 2.75) is 32.7 Å². The van der Waals surface area contributed by atoms with E-state index in [9.17, 15) is 17.6 Å². The van der Waals surface area contributed by atoms with Gasteiger partial charge in [0.1, 0.15) is 0 Å². The molecule has 2 N–H and O–H groups in total. The zero-order chi connectivity index (χ0) is 14.5. The van der Waals surface area contributed by atoms with Crippen LogP contribution in [0.5, 0.6) is 0 Å². The minimum atomic E-state index is -4.13. The average molecular weight is 284 g/mol. The Morgan fingerprint density at radius 1 is 1.26 bits per heavy atom. The van der Waals surface area contributed by atoms with Gasteiger partial charge in [-0.15, -0.1) is 5.10 Å². The Hall–Kier alpha value is -1.38. The predicted molar refractivity (Wildman–Crippen MR) is 60.3 cm³/mol. The van der Waals surface area contributed by atoms with E-state index in [1.54, 1.807) is 0 Å². The maximum atomic E-state index is 12.6. The van der Waals surface area contributed by atoms with Gasteiger partial charge in [-0.3, -0.25) is 0 Å². The molecule has 9 heteroatoms. The van der Waals surface area contributed by atoms with E-state index < -0.39 is 18.9 Å². The summed E-state index contributed by atoms with van der Waals surface area (Å²) in [6.07, 6.45) is -3.74. The van der Waals surface area contributed by atoms with Gasteiger partial charge in [0, 0.05) is 0 Å². The van der Waals surface area contributed by atoms with Gasteiger partial charge in [-0.25, -0.2) is 8.78 Å². The number of hydrogen-bond donors (Lipinski definition) is 2. The second kappa shape index (κ2) is 6.69. The van der Waals surface area contributed by atoms with Crippen LogP contribution in [0.4, 0.5) is 23.6 Å². The molecule has 0 fully saturated rings. The molecular formula is C10H16F4N4O. The van der Waals surface area contributed by atoms with E-state index in [2.05, 4.69) is 15.5 Å². The average Bonchev–Trinajstić information content (AvgIpc) is 2.74. The highest BCUT2D eigenvalue weighted by Crippen LogP contribution is 2.23. The van der Waals surface area contributed by atoms with Crippen molar-refractivity contribution in [2.24, 2.45) is 5.92 Å². The Bertz CT molecular complexity index is 383. The Morgan fingerprint density at radius 2 is 1.95 bits per heavy atom. The molecule has 0 aromatic carbocycles. The highest BCUT2D eigenvalue weighted by molar-refractivity contribution is 5.17. The van der Waals surface area contributed by atoms with E-state index in [4.69, 9.17) is 4.42 Å². The fraction of sp³-hybridized carbons (Fsp3) is 0.800. The van der Waals surface area contributed by atoms with Crippen LogP contribution in [-0.2, 0) is 6.54 Å². The smallest absolute Gasteiger partial charge is 0.324 e. The molecule has 0 spiro atoms. The molecular weight excluding hydrogens is 268 g/mol. The molecule has 0 saturated heterocycles. The third-order valence-electron chi connectivity index (χ3n) is 2.09. The minimum Gasteiger partial charge on any atom is -0.407 e. The van der Waals surface area contributed by atoms with Crippen LogP contribution < -0.4 is 10.6 Å². The van der Waals surface area contributed by atoms with Crippen molar-refractivity contribution in [3.63, 3.8) is 0 Å². The lowest BCUT2D eigenvalue weighted by Crippen LogP contribution is -2.34. The topological polar surface area (TPSA) is 63.0 Å². The molecule has 1 aromatic heterocycles. The van der Waals surface area contributed by atoms with Gasteiger partial charge in [0.2, 0.25) is 5.89 Å². The van der Waals surface area contributed by atoms with Crippen molar-refractivity contribution in [1.29, 1.82) is 0 Å². The SMILES string of the molecule is CC(C)CNCc1nnc(NCC(F)(F)C(F)F)o1. The highest BCUT2D eigenvalue weighted by Gasteiger charge is 2.40. The molecule has 0 aliphatic carbocycles. The van der Waals surface area contributed by atoms with Gasteiger partial charge < -0.3 is 15.1 Å². The van der Waals surface area contributed by atoms with Crippen LogP contribution in [0.15, 0.2) is 4.42 Å². The zero-order valence-corrected chi connectivity index (χ0v) is 10.6. The highest BCUT2D eigenvalue weighted by atomic mass is 19.3. The standard InChI is InChI=1S/C10H16F4N4O/c1-6(2)3-15-4-7-17-18-9(19-7)16-5-10(13,14)8(11)12/h6,8,15H,3-5H2,1-2H3,(H,16,18). The molecule has 19 heavy (non-hydrogen) atoms. The number of anilines is 1. The number of alkyl halides is 4. The summed E-state index contributed by atoms with van der Waals surface area (Å²) < 4.78 is 54.0. The summed E-state index contributed by atoms with van der Waals surface area (Å²) in [6.45, 7) is 3.79. The normalized spacial score (nSPS) is 12.4. The molecule has 1 heterocycles. The first-order chi connectivity index (χ1) is 8.81. The Kier molecular flexibility index (Phi) is 5.52. The summed E-state index contributed by atoms with van der Waals surface area (Å²) in [5.41, 5.74) is 0. The Morgan fingerprint density at radius 3 is 2.53 bits per heavy atom. The molecule has 0 aliphatic rings. The number of hydrogen-bond acceptors (Lipinski definition) is 5. The van der Waals surface area contributed by atoms with Crippen molar-refractivity contribution < 1.29 is 22.0 Å². The lowest BCUT2D eigenvalue weighted by molar-refractivity contribution is -0.117. The quantitative estimate of drug-likeness (QED) is 0.716. The summed E-state index contributed by atoms with van der Waals surface area (Å²) >= 11 is 0. The summed E-state index contributed by atoms with van der Waals surface area (Å²) in [6, 6.07) is -0.304. The fourth-order valence-electron chi connectivity index (χ4n) is 1.13. The van der Waals surface area contributed by atoms with Crippen molar-refractivity contribution in [3.8, 4) is 0 Å². The van der Waals surface area contributed by atoms with E-state index >= 15 is 0 Å². The summed E-state index contributed by atoms with van der Waals surface area (Å²) in [5, 5.41) is 12.0. The molecule has 0 saturated carbocycles. The summed E-state index contributed by atoms with van der Waals surface area (Å²) in [7, 11) is 0. The lowest BCUT2D eigenvalue weighted by atomic mass is 10.2. The third-order valence-corrected chi connectivity index (χ3v) is 2.09. The monoisotopic (exact) mass is 284 g/mol. The van der Waals surface area contributed by atoms with Gasteiger partial charge in [0.15, 0.2) is 0 Å². The number of nitrogens with one attached hydrogen (secondary N) is 2. The number of aromatic nitrogens is 2. The summed E-state index contributed by atoms with van der Waals surface area (Å²) in [5.74, 6) is -3.50. The summed E-state index contributed by atoms with van der Waals surface area (Å²) in [4.78, 5) is 0. The van der Waals surface area contributed by atoms with E-state index in [0.29, 0.717) is 5.92 Å². The number of halogens is 4. The van der Waals surface area contributed by atoms with Crippen LogP contribution >= 0.6 is 0 Å². The van der Waals surface area contributed by atoms with Crippen LogP contribution in [0.3, 0.4) is 0 Å². The predicted octanol–water partition coefficient (Wildman–Crippen LogP) is 2.13. The molecule has 1 aromatic rings. The molecule has 5 nitrogen and oxygen atoms in total. The van der Waals surface area contributed by atoms with Gasteiger partial charge in [0.25, 0.3) is 0 Å². The number of rotatable bonds is 8. The molecule has 1 rings (SSSR count). The van der Waals surface area contributed by atoms with Gasteiger partial charge in [0.05, 0.1) is 13.1 Å². The van der Waals surface area contributed by atoms with Crippen LogP contribution in [0, 0.1) is 5.92 Å². The maximum absolute atomic E-state index is 12.6. The molecule has 0 aliphatic heterocycles. The molecule has 0 amide bonds. The zero-order valence-electron chi connectivity index (χ0n) is 10.6. The Labute approximate surface area is 107 Å².